The summed E-state index contributed by atoms with van der Waals surface area (Å²) in [4.78, 5) is 45.0. The van der Waals surface area contributed by atoms with Crippen LogP contribution >= 0.6 is 44.3 Å². The van der Waals surface area contributed by atoms with Crippen LogP contribution in [0.1, 0.15) is 244 Å². The van der Waals surface area contributed by atoms with Crippen LogP contribution < -0.4 is 22.1 Å². The summed E-state index contributed by atoms with van der Waals surface area (Å²) in [5.74, 6) is 17.6. The Morgan fingerprint density at radius 3 is 1.04 bits per heavy atom. The molecule has 0 radical (unpaired) electrons. The normalized spacial score (nSPS) is 14.9. The number of nitrogens with one attached hydrogen (secondary N) is 2. The van der Waals surface area contributed by atoms with E-state index in [2.05, 4.69) is 76.8 Å². The molecule has 3 aliphatic carbocycles. The van der Waals surface area contributed by atoms with Gasteiger partial charge in [0.1, 0.15) is 22.4 Å². The molecule has 0 aliphatic heterocycles. The molecule has 97 heavy (non-hydrogen) atoms. The van der Waals surface area contributed by atoms with Gasteiger partial charge in [0.2, 0.25) is 0 Å². The van der Waals surface area contributed by atoms with Gasteiger partial charge in [0, 0.05) is 50.9 Å². The number of rotatable bonds is 14. The number of carbonyl (C=O) groups is 4. The Hall–Kier alpha value is -6.15. The zero-order valence-corrected chi connectivity index (χ0v) is 63.3. The van der Waals surface area contributed by atoms with E-state index in [0.717, 1.165) is 42.3 Å². The fourth-order valence-corrected chi connectivity index (χ4v) is 10.4. The molecule has 3 saturated carbocycles. The van der Waals surface area contributed by atoms with Crippen LogP contribution in [0.15, 0.2) is 106 Å². The summed E-state index contributed by atoms with van der Waals surface area (Å²) < 4.78 is 26.0. The first-order chi connectivity index (χ1) is 45.1. The van der Waals surface area contributed by atoms with Gasteiger partial charge >= 0.3 is 24.5 Å². The molecule has 4 aromatic carbocycles. The molecule has 0 bridgehead atoms. The Balaban J connectivity index is 0.000000599. The van der Waals surface area contributed by atoms with E-state index in [1.807, 2.05) is 139 Å². The van der Waals surface area contributed by atoms with Crippen molar-refractivity contribution in [1.82, 2.24) is 10.6 Å². The number of terminal acetylenes is 1. The summed E-state index contributed by atoms with van der Waals surface area (Å²) in [5.41, 5.74) is 13.8. The van der Waals surface area contributed by atoms with Crippen LogP contribution in [0.4, 0.5) is 19.2 Å². The van der Waals surface area contributed by atoms with E-state index in [9.17, 15) is 39.6 Å². The highest BCUT2D eigenvalue weighted by Gasteiger charge is 2.25. The molecule has 20 heteroatoms. The Bertz CT molecular complexity index is 3080. The van der Waals surface area contributed by atoms with Crippen molar-refractivity contribution in [3.05, 3.63) is 139 Å². The number of nitrogens with two attached hydrogens (primary N) is 2. The molecule has 3 aliphatic rings. The summed E-state index contributed by atoms with van der Waals surface area (Å²) in [5, 5.41) is 45.0. The number of amides is 2. The maximum absolute atomic E-state index is 11.6. The van der Waals surface area contributed by atoms with Crippen molar-refractivity contribution in [1.29, 1.82) is 0 Å². The Kier molecular flexibility index (Phi) is 43.1. The lowest BCUT2D eigenvalue weighted by molar-refractivity contribution is -0.0294. The predicted octanol–water partition coefficient (Wildman–Crippen LogP) is 17.1. The van der Waals surface area contributed by atoms with Crippen LogP contribution in [0.25, 0.3) is 0 Å². The van der Waals surface area contributed by atoms with Gasteiger partial charge in [-0.2, -0.15) is 0 Å². The van der Waals surface area contributed by atoms with Crippen LogP contribution in [0.2, 0.25) is 0 Å². The van der Waals surface area contributed by atoms with Crippen molar-refractivity contribution in [2.24, 2.45) is 29.2 Å². The SMILES string of the molecule is C#CC1CCCC1.CC(C)(C)OC(=O)NCCC(O)c1cccc(Br)c1.CC(C)(C)OC(=O)NCCC(O)c1cccc(C#CC2CCCC2)c1.CC(C)(C)OC(=O)OC(=O)OC(C)(C)C.Cl.NCCC(O)c1cccc(Br)c1.NCCC(O)c1cccc(C#CC2CCCC2)c1. The first kappa shape index (κ1) is 88.9. The van der Waals surface area contributed by atoms with Crippen LogP contribution in [0.5, 0.6) is 0 Å². The molecule has 0 heterocycles. The molecule has 0 saturated heterocycles. The van der Waals surface area contributed by atoms with Crippen LogP contribution in [0.3, 0.4) is 0 Å². The minimum absolute atomic E-state index is 0. The third-order valence-corrected chi connectivity index (χ3v) is 15.1. The lowest BCUT2D eigenvalue weighted by Crippen LogP contribution is -2.33. The first-order valence-corrected chi connectivity index (χ1v) is 35.1. The summed E-state index contributed by atoms with van der Waals surface area (Å²) in [6.07, 6.45) is 17.4. The van der Waals surface area contributed by atoms with E-state index in [4.69, 9.17) is 36.8 Å². The zero-order chi connectivity index (χ0) is 71.9. The van der Waals surface area contributed by atoms with Crippen LogP contribution in [0, 0.1) is 53.8 Å². The molecule has 0 aromatic heterocycles. The highest BCUT2D eigenvalue weighted by molar-refractivity contribution is 9.10. The summed E-state index contributed by atoms with van der Waals surface area (Å²) in [7, 11) is 0. The fourth-order valence-electron chi connectivity index (χ4n) is 9.52. The largest absolute Gasteiger partial charge is 0.519 e. The number of aliphatic hydroxyl groups excluding tert-OH is 4. The topological polar surface area (TPSA) is 271 Å². The predicted molar refractivity (Wildman–Crippen MR) is 395 cm³/mol. The van der Waals surface area contributed by atoms with E-state index in [1.165, 1.54) is 77.0 Å². The second-order valence-corrected chi connectivity index (χ2v) is 29.5. The zero-order valence-electron chi connectivity index (χ0n) is 59.3. The first-order valence-electron chi connectivity index (χ1n) is 33.5. The average Bonchev–Trinajstić information content (AvgIpc) is 1.78. The molecule has 10 N–H and O–H groups in total. The van der Waals surface area contributed by atoms with E-state index >= 15 is 0 Å². The fraction of sp³-hybridized carbons (Fsp3) is 0.558. The van der Waals surface area contributed by atoms with Crippen molar-refractivity contribution in [3.63, 3.8) is 0 Å². The molecule has 0 spiro atoms. The van der Waals surface area contributed by atoms with Gasteiger partial charge in [0.25, 0.3) is 0 Å². The Labute approximate surface area is 602 Å². The van der Waals surface area contributed by atoms with Crippen molar-refractivity contribution < 1.29 is 63.3 Å². The van der Waals surface area contributed by atoms with Gasteiger partial charge < -0.3 is 66.2 Å². The number of hydrogen-bond acceptors (Lipinski definition) is 15. The van der Waals surface area contributed by atoms with E-state index < -0.39 is 71.3 Å². The van der Waals surface area contributed by atoms with Crippen molar-refractivity contribution in [3.8, 4) is 36.0 Å². The lowest BCUT2D eigenvalue weighted by Gasteiger charge is -2.20. The van der Waals surface area contributed by atoms with Gasteiger partial charge in [0.15, 0.2) is 0 Å². The summed E-state index contributed by atoms with van der Waals surface area (Å²) >= 11 is 6.69. The van der Waals surface area contributed by atoms with Crippen LogP contribution in [-0.4, -0.2) is 93.5 Å². The molecule has 4 aromatic rings. The smallest absolute Gasteiger partial charge is 0.444 e. The molecular weight excluding hydrogens is 1380 g/mol. The van der Waals surface area contributed by atoms with Gasteiger partial charge in [-0.05, 0) is 231 Å². The van der Waals surface area contributed by atoms with Gasteiger partial charge in [-0.15, -0.1) is 24.8 Å². The molecule has 538 valence electrons. The highest BCUT2D eigenvalue weighted by atomic mass is 79.9. The summed E-state index contributed by atoms with van der Waals surface area (Å²) in [6, 6.07) is 30.7. The number of carbonyl (C=O) groups excluding carboxylic acids is 4. The van der Waals surface area contributed by atoms with Gasteiger partial charge in [0.05, 0.1) is 24.4 Å². The number of alkyl carbamates (subject to hydrolysis) is 2. The third kappa shape index (κ3) is 44.5. The number of hydrogen-bond donors (Lipinski definition) is 8. The maximum Gasteiger partial charge on any atom is 0.519 e. The van der Waals surface area contributed by atoms with Gasteiger partial charge in [-0.25, -0.2) is 19.2 Å². The lowest BCUT2D eigenvalue weighted by atomic mass is 10.0. The number of benzene rings is 4. The van der Waals surface area contributed by atoms with Crippen molar-refractivity contribution in [2.45, 2.75) is 233 Å². The quantitative estimate of drug-likeness (QED) is 0.0252. The van der Waals surface area contributed by atoms with E-state index in [0.29, 0.717) is 69.6 Å². The Morgan fingerprint density at radius 1 is 0.474 bits per heavy atom. The van der Waals surface area contributed by atoms with Crippen molar-refractivity contribution in [2.75, 3.05) is 26.2 Å². The Morgan fingerprint density at radius 2 is 0.763 bits per heavy atom. The molecular formula is C77H111Br2ClN4O13. The second-order valence-electron chi connectivity index (χ2n) is 27.7. The molecule has 2 amide bonds. The van der Waals surface area contributed by atoms with Crippen molar-refractivity contribution >= 4 is 68.8 Å². The third-order valence-electron chi connectivity index (χ3n) is 14.2. The standard InChI is InChI=1S/C21H29NO3.C16H21NO.C14H20BrNO3.C10H18O5.C9H12BrNO.C7H10.ClH/c1-21(2,3)25-20(24)22-14-13-19(23)18-10-6-9-17(15-18)12-11-16-7-4-5-8-16;17-11-10-16(18)15-7-3-6-14(12-15)9-8-13-4-1-2-5-13;1-14(2,3)19-13(18)16-8-7-12(17)10-5-4-6-11(15)9-10;1-9(2,3)14-7(11)13-8(12)15-10(4,5)6;10-8-3-1-2-7(6-8)9(12)4-5-11;1-2-7-5-3-4-6-7;/h6,9-10,15-16,19,23H,4-5,7-8,13-14H2,1-3H3,(H,22,24);3,6-7,12-13,16,18H,1-2,4-5,10-11,17H2;4-6,9,12,17H,7-8H2,1-3H3,(H,16,18);1-6H3;1-3,6,9,12H,4-5,11H2;1,7H,3-6H2;1H. The number of halogens is 3. The average molecular weight is 1500 g/mol. The van der Waals surface area contributed by atoms with Crippen LogP contribution in [-0.2, 0) is 23.7 Å². The maximum atomic E-state index is 11.6. The molecule has 17 nitrogen and oxygen atoms in total. The molecule has 4 unspecified atom stereocenters. The number of aliphatic hydroxyl groups is 4. The van der Waals surface area contributed by atoms with E-state index in [-0.39, 0.29) is 12.4 Å². The molecule has 7 rings (SSSR count). The number of ether oxygens (including phenoxy) is 5. The molecule has 4 atom stereocenters. The molecule has 3 fully saturated rings. The highest BCUT2D eigenvalue weighted by Crippen LogP contribution is 2.27. The van der Waals surface area contributed by atoms with Gasteiger partial charge in [-0.3, -0.25) is 0 Å². The van der Waals surface area contributed by atoms with Gasteiger partial charge in [-0.1, -0.05) is 143 Å². The summed E-state index contributed by atoms with van der Waals surface area (Å²) in [6.45, 7) is 22.6. The monoisotopic (exact) mass is 1490 g/mol. The minimum atomic E-state index is -1.06. The minimum Gasteiger partial charge on any atom is -0.444 e. The second kappa shape index (κ2) is 47.0. The van der Waals surface area contributed by atoms with E-state index in [1.54, 1.807) is 41.5 Å².